The Hall–Kier alpha value is -1.68. The topological polar surface area (TPSA) is 51.3 Å². The molecule has 1 aromatic carbocycles. The first kappa shape index (κ1) is 10.8. The number of hydrogen-bond acceptors (Lipinski definition) is 3. The number of nitrogens with zero attached hydrogens (tertiary/aromatic N) is 2. The van der Waals surface area contributed by atoms with Crippen molar-refractivity contribution in [2.75, 3.05) is 0 Å². The Morgan fingerprint density at radius 1 is 1.38 bits per heavy atom. The molecule has 16 heavy (non-hydrogen) atoms. The summed E-state index contributed by atoms with van der Waals surface area (Å²) < 4.78 is 0. The minimum atomic E-state index is 0.512. The van der Waals surface area contributed by atoms with Crippen molar-refractivity contribution in [3.05, 3.63) is 47.0 Å². The van der Waals surface area contributed by atoms with Crippen molar-refractivity contribution >= 4 is 22.3 Å². The molecule has 0 saturated carbocycles. The van der Waals surface area contributed by atoms with Crippen LogP contribution < -0.4 is 5.73 Å². The minimum Gasteiger partial charge on any atom is -0.383 e. The lowest BCUT2D eigenvalue weighted by Crippen LogP contribution is -2.12. The third kappa shape index (κ3) is 2.46. The predicted molar refractivity (Wildman–Crippen MR) is 68.3 cm³/mol. The first-order valence-corrected chi connectivity index (χ1v) is 6.01. The van der Waals surface area contributed by atoms with Gasteiger partial charge in [-0.3, -0.25) is 0 Å². The number of aromatic nitrogens is 1. The van der Waals surface area contributed by atoms with Crippen molar-refractivity contribution in [1.82, 2.24) is 4.98 Å². The fourth-order valence-corrected chi connectivity index (χ4v) is 2.07. The van der Waals surface area contributed by atoms with Crippen molar-refractivity contribution in [2.45, 2.75) is 13.3 Å². The smallest absolute Gasteiger partial charge is 0.211 e. The third-order valence-corrected chi connectivity index (χ3v) is 2.97. The molecule has 0 unspecified atom stereocenters. The fourth-order valence-electron chi connectivity index (χ4n) is 1.29. The molecular weight excluding hydrogens is 218 g/mol. The van der Waals surface area contributed by atoms with E-state index in [0.717, 1.165) is 22.8 Å². The molecule has 1 aromatic heterocycles. The van der Waals surface area contributed by atoms with Gasteiger partial charge >= 0.3 is 0 Å². The second-order valence-corrected chi connectivity index (χ2v) is 4.17. The van der Waals surface area contributed by atoms with Crippen LogP contribution in [0.1, 0.15) is 18.2 Å². The monoisotopic (exact) mass is 231 g/mol. The van der Waals surface area contributed by atoms with Crippen LogP contribution in [0.2, 0.25) is 0 Å². The lowest BCUT2D eigenvalue weighted by Gasteiger charge is -1.97. The van der Waals surface area contributed by atoms with Gasteiger partial charge in [0.2, 0.25) is 5.13 Å². The zero-order valence-corrected chi connectivity index (χ0v) is 9.87. The van der Waals surface area contributed by atoms with Crippen LogP contribution in [0.15, 0.2) is 40.7 Å². The van der Waals surface area contributed by atoms with E-state index in [-0.39, 0.29) is 0 Å². The summed E-state index contributed by atoms with van der Waals surface area (Å²) in [5, 5.41) is 2.73. The second-order valence-electron chi connectivity index (χ2n) is 3.34. The summed E-state index contributed by atoms with van der Waals surface area (Å²) in [6, 6.07) is 9.71. The van der Waals surface area contributed by atoms with E-state index in [9.17, 15) is 0 Å². The van der Waals surface area contributed by atoms with Gasteiger partial charge in [-0.2, -0.15) is 0 Å². The first-order valence-electron chi connectivity index (χ1n) is 5.13. The van der Waals surface area contributed by atoms with Gasteiger partial charge in [0.05, 0.1) is 5.69 Å². The highest BCUT2D eigenvalue weighted by Gasteiger charge is 2.01. The van der Waals surface area contributed by atoms with Crippen LogP contribution in [0, 0.1) is 0 Å². The Morgan fingerprint density at radius 3 is 2.75 bits per heavy atom. The molecule has 0 amide bonds. The van der Waals surface area contributed by atoms with Crippen LogP contribution >= 0.6 is 11.3 Å². The Balaban J connectivity index is 2.24. The summed E-state index contributed by atoms with van der Waals surface area (Å²) >= 11 is 1.52. The minimum absolute atomic E-state index is 0.512. The zero-order valence-electron chi connectivity index (χ0n) is 9.05. The van der Waals surface area contributed by atoms with E-state index < -0.39 is 0 Å². The van der Waals surface area contributed by atoms with Gasteiger partial charge in [0.25, 0.3) is 0 Å². The summed E-state index contributed by atoms with van der Waals surface area (Å²) in [4.78, 5) is 8.64. The number of amidine groups is 1. The molecule has 4 heteroatoms. The normalized spacial score (nSPS) is 11.7. The van der Waals surface area contributed by atoms with Crippen molar-refractivity contribution < 1.29 is 0 Å². The summed E-state index contributed by atoms with van der Waals surface area (Å²) in [5.74, 6) is 0.512. The zero-order chi connectivity index (χ0) is 11.4. The van der Waals surface area contributed by atoms with Crippen LogP contribution in [0.5, 0.6) is 0 Å². The average molecular weight is 231 g/mol. The number of aliphatic imine (C=N–C) groups is 1. The summed E-state index contributed by atoms with van der Waals surface area (Å²) in [7, 11) is 0. The van der Waals surface area contributed by atoms with Gasteiger partial charge in [-0.1, -0.05) is 37.3 Å². The van der Waals surface area contributed by atoms with Gasteiger partial charge in [0.1, 0.15) is 5.84 Å². The average Bonchev–Trinajstić information content (AvgIpc) is 2.78. The summed E-state index contributed by atoms with van der Waals surface area (Å²) in [6.45, 7) is 2.07. The van der Waals surface area contributed by atoms with E-state index in [2.05, 4.69) is 16.9 Å². The fraction of sp³-hybridized carbons (Fsp3) is 0.167. The molecule has 0 bridgehead atoms. The number of benzene rings is 1. The van der Waals surface area contributed by atoms with E-state index in [1.165, 1.54) is 11.3 Å². The summed E-state index contributed by atoms with van der Waals surface area (Å²) in [6.07, 6.45) is 0.928. The van der Waals surface area contributed by atoms with E-state index in [1.54, 1.807) is 0 Å². The van der Waals surface area contributed by atoms with E-state index >= 15 is 0 Å². The van der Waals surface area contributed by atoms with Gasteiger partial charge in [-0.25, -0.2) is 9.98 Å². The van der Waals surface area contributed by atoms with E-state index in [0.29, 0.717) is 5.84 Å². The first-order chi connectivity index (χ1) is 7.79. The molecule has 0 atom stereocenters. The summed E-state index contributed by atoms with van der Waals surface area (Å²) in [5.41, 5.74) is 7.88. The van der Waals surface area contributed by atoms with Crippen molar-refractivity contribution in [3.63, 3.8) is 0 Å². The Labute approximate surface area is 98.7 Å². The van der Waals surface area contributed by atoms with E-state index in [1.807, 2.05) is 35.7 Å². The molecule has 82 valence electrons. The van der Waals surface area contributed by atoms with Crippen LogP contribution in [0.3, 0.4) is 0 Å². The van der Waals surface area contributed by atoms with Crippen molar-refractivity contribution in [1.29, 1.82) is 0 Å². The standard InChI is InChI=1S/C12H13N3S/c1-2-10-8-16-12(14-10)15-11(13)9-6-4-3-5-7-9/h3-8H,2H2,1H3,(H2,13,14,15). The third-order valence-electron chi connectivity index (χ3n) is 2.19. The molecule has 0 aliphatic rings. The lowest BCUT2D eigenvalue weighted by atomic mass is 10.2. The number of thiazole rings is 1. The molecule has 2 aromatic rings. The van der Waals surface area contributed by atoms with Gasteiger partial charge in [0.15, 0.2) is 0 Å². The molecule has 3 nitrogen and oxygen atoms in total. The molecule has 0 radical (unpaired) electrons. The van der Waals surface area contributed by atoms with Gasteiger partial charge in [0, 0.05) is 10.9 Å². The molecule has 0 aliphatic carbocycles. The quantitative estimate of drug-likeness (QED) is 0.652. The molecule has 0 aliphatic heterocycles. The van der Waals surface area contributed by atoms with Crippen LogP contribution in [-0.2, 0) is 6.42 Å². The highest BCUT2D eigenvalue weighted by atomic mass is 32.1. The lowest BCUT2D eigenvalue weighted by molar-refractivity contribution is 1.06. The number of nitrogens with two attached hydrogens (primary N) is 1. The Morgan fingerprint density at radius 2 is 2.12 bits per heavy atom. The maximum Gasteiger partial charge on any atom is 0.211 e. The number of rotatable bonds is 3. The number of hydrogen-bond donors (Lipinski definition) is 1. The van der Waals surface area contributed by atoms with Crippen LogP contribution in [-0.4, -0.2) is 10.8 Å². The Kier molecular flexibility index (Phi) is 3.31. The molecule has 2 rings (SSSR count). The molecular formula is C12H13N3S. The van der Waals surface area contributed by atoms with Crippen LogP contribution in [0.4, 0.5) is 5.13 Å². The highest BCUT2D eigenvalue weighted by Crippen LogP contribution is 2.19. The maximum absolute atomic E-state index is 5.89. The van der Waals surface area contributed by atoms with Gasteiger partial charge in [-0.15, -0.1) is 11.3 Å². The molecule has 0 fully saturated rings. The molecule has 0 spiro atoms. The molecule has 2 N–H and O–H groups in total. The van der Waals surface area contributed by atoms with Crippen molar-refractivity contribution in [3.8, 4) is 0 Å². The molecule has 1 heterocycles. The van der Waals surface area contributed by atoms with Gasteiger partial charge in [-0.05, 0) is 6.42 Å². The Bertz CT molecular complexity index is 488. The SMILES string of the molecule is CCc1csc(/N=C(\N)c2ccccc2)n1. The largest absolute Gasteiger partial charge is 0.383 e. The van der Waals surface area contributed by atoms with Crippen molar-refractivity contribution in [2.24, 2.45) is 10.7 Å². The van der Waals surface area contributed by atoms with E-state index in [4.69, 9.17) is 5.73 Å². The second kappa shape index (κ2) is 4.90. The maximum atomic E-state index is 5.89. The predicted octanol–water partition coefficient (Wildman–Crippen LogP) is 2.74. The van der Waals surface area contributed by atoms with Gasteiger partial charge < -0.3 is 5.73 Å². The molecule has 0 saturated heterocycles. The van der Waals surface area contributed by atoms with Crippen LogP contribution in [0.25, 0.3) is 0 Å². The highest BCUT2D eigenvalue weighted by molar-refractivity contribution is 7.13. The number of aryl methyl sites for hydroxylation is 1.